The predicted molar refractivity (Wildman–Crippen MR) is 63.8 cm³/mol. The fraction of sp³-hybridized carbons (Fsp3) is 0.500. The van der Waals surface area contributed by atoms with E-state index in [-0.39, 0.29) is 0 Å². The first kappa shape index (κ1) is 11.7. The molecule has 0 aromatic heterocycles. The van der Waals surface area contributed by atoms with E-state index in [0.717, 1.165) is 44.8 Å². The van der Waals surface area contributed by atoms with Crippen LogP contribution in [0.3, 0.4) is 0 Å². The molecule has 0 spiro atoms. The number of rotatable bonds is 2. The zero-order valence-electron chi connectivity index (χ0n) is 9.16. The van der Waals surface area contributed by atoms with E-state index < -0.39 is 0 Å². The lowest BCUT2D eigenvalue weighted by atomic mass is 10.2. The van der Waals surface area contributed by atoms with Crippen molar-refractivity contribution in [2.75, 3.05) is 26.3 Å². The number of hydrogen-bond donors (Lipinski definition) is 1. The number of aromatic hydroxyl groups is 1. The van der Waals surface area contributed by atoms with Gasteiger partial charge in [-0.05, 0) is 24.6 Å². The largest absolute Gasteiger partial charge is 0.508 e. The SMILES string of the molecule is Oc1ccc(Cl)cc1CN1CCCOCC1. The molecule has 0 aliphatic carbocycles. The van der Waals surface area contributed by atoms with Crippen LogP contribution in [0.15, 0.2) is 18.2 Å². The Labute approximate surface area is 101 Å². The molecule has 1 heterocycles. The van der Waals surface area contributed by atoms with Crippen LogP contribution in [0, 0.1) is 0 Å². The molecule has 1 fully saturated rings. The van der Waals surface area contributed by atoms with E-state index >= 15 is 0 Å². The summed E-state index contributed by atoms with van der Waals surface area (Å²) in [5.74, 6) is 0.314. The van der Waals surface area contributed by atoms with Crippen LogP contribution in [0.25, 0.3) is 0 Å². The summed E-state index contributed by atoms with van der Waals surface area (Å²) in [5.41, 5.74) is 0.884. The normalized spacial score (nSPS) is 18.3. The summed E-state index contributed by atoms with van der Waals surface area (Å²) < 4.78 is 5.39. The summed E-state index contributed by atoms with van der Waals surface area (Å²) in [6.07, 6.45) is 1.04. The van der Waals surface area contributed by atoms with Crippen LogP contribution in [0.4, 0.5) is 0 Å². The van der Waals surface area contributed by atoms with E-state index in [1.54, 1.807) is 12.1 Å². The van der Waals surface area contributed by atoms with Crippen LogP contribution >= 0.6 is 11.6 Å². The Morgan fingerprint density at radius 2 is 2.19 bits per heavy atom. The van der Waals surface area contributed by atoms with Gasteiger partial charge in [0, 0.05) is 36.8 Å². The molecule has 3 nitrogen and oxygen atoms in total. The fourth-order valence-electron chi connectivity index (χ4n) is 1.88. The zero-order valence-corrected chi connectivity index (χ0v) is 9.91. The lowest BCUT2D eigenvalue weighted by Crippen LogP contribution is -2.25. The molecule has 1 aromatic carbocycles. The third-order valence-electron chi connectivity index (χ3n) is 2.75. The van der Waals surface area contributed by atoms with Gasteiger partial charge in [0.2, 0.25) is 0 Å². The summed E-state index contributed by atoms with van der Waals surface area (Å²) in [4.78, 5) is 2.28. The molecular weight excluding hydrogens is 226 g/mol. The number of halogens is 1. The quantitative estimate of drug-likeness (QED) is 0.862. The first-order chi connectivity index (χ1) is 7.75. The third-order valence-corrected chi connectivity index (χ3v) is 2.99. The number of nitrogens with zero attached hydrogens (tertiary/aromatic N) is 1. The van der Waals surface area contributed by atoms with Crippen molar-refractivity contribution in [1.29, 1.82) is 0 Å². The summed E-state index contributed by atoms with van der Waals surface area (Å²) in [7, 11) is 0. The van der Waals surface area contributed by atoms with Gasteiger partial charge in [-0.1, -0.05) is 11.6 Å². The van der Waals surface area contributed by atoms with Crippen molar-refractivity contribution < 1.29 is 9.84 Å². The maximum Gasteiger partial charge on any atom is 0.120 e. The molecule has 0 saturated carbocycles. The Morgan fingerprint density at radius 1 is 1.31 bits per heavy atom. The Bertz CT molecular complexity index is 349. The van der Waals surface area contributed by atoms with Gasteiger partial charge in [0.25, 0.3) is 0 Å². The molecule has 4 heteroatoms. The summed E-state index contributed by atoms with van der Waals surface area (Å²) in [6.45, 7) is 4.24. The highest BCUT2D eigenvalue weighted by atomic mass is 35.5. The number of phenols is 1. The molecule has 88 valence electrons. The van der Waals surface area contributed by atoms with Crippen molar-refractivity contribution in [3.8, 4) is 5.75 Å². The fourth-order valence-corrected chi connectivity index (χ4v) is 2.07. The van der Waals surface area contributed by atoms with E-state index in [0.29, 0.717) is 10.8 Å². The first-order valence-corrected chi connectivity index (χ1v) is 5.91. The van der Waals surface area contributed by atoms with Gasteiger partial charge in [0.05, 0.1) is 6.61 Å². The third kappa shape index (κ3) is 3.11. The average molecular weight is 242 g/mol. The maximum atomic E-state index is 9.72. The average Bonchev–Trinajstić information content (AvgIpc) is 2.52. The first-order valence-electron chi connectivity index (χ1n) is 5.53. The second kappa shape index (κ2) is 5.53. The Morgan fingerprint density at radius 3 is 3.06 bits per heavy atom. The van der Waals surface area contributed by atoms with E-state index in [4.69, 9.17) is 16.3 Å². The van der Waals surface area contributed by atoms with Crippen molar-refractivity contribution in [1.82, 2.24) is 4.90 Å². The Hall–Kier alpha value is -0.770. The smallest absolute Gasteiger partial charge is 0.120 e. The van der Waals surface area contributed by atoms with Crippen LogP contribution in [-0.4, -0.2) is 36.3 Å². The van der Waals surface area contributed by atoms with Crippen LogP contribution in [0.1, 0.15) is 12.0 Å². The number of benzene rings is 1. The van der Waals surface area contributed by atoms with E-state index in [1.807, 2.05) is 6.07 Å². The molecule has 16 heavy (non-hydrogen) atoms. The van der Waals surface area contributed by atoms with Crippen molar-refractivity contribution in [2.45, 2.75) is 13.0 Å². The van der Waals surface area contributed by atoms with E-state index in [1.165, 1.54) is 0 Å². The summed E-state index contributed by atoms with van der Waals surface area (Å²) in [6, 6.07) is 5.17. The molecule has 1 aliphatic rings. The highest BCUT2D eigenvalue weighted by Crippen LogP contribution is 2.23. The molecule has 1 aliphatic heterocycles. The van der Waals surface area contributed by atoms with Crippen molar-refractivity contribution in [3.05, 3.63) is 28.8 Å². The van der Waals surface area contributed by atoms with Crippen molar-refractivity contribution in [2.24, 2.45) is 0 Å². The number of hydrogen-bond acceptors (Lipinski definition) is 3. The van der Waals surface area contributed by atoms with Gasteiger partial charge in [0.1, 0.15) is 5.75 Å². The highest BCUT2D eigenvalue weighted by molar-refractivity contribution is 6.30. The second-order valence-electron chi connectivity index (χ2n) is 4.02. The van der Waals surface area contributed by atoms with E-state index in [9.17, 15) is 5.11 Å². The second-order valence-corrected chi connectivity index (χ2v) is 4.45. The lowest BCUT2D eigenvalue weighted by molar-refractivity contribution is 0.140. The number of ether oxygens (including phenoxy) is 1. The van der Waals surface area contributed by atoms with Gasteiger partial charge in [-0.25, -0.2) is 0 Å². The standard InChI is InChI=1S/C12H16ClNO2/c13-11-2-3-12(15)10(8-11)9-14-4-1-6-16-7-5-14/h2-3,8,15H,1,4-7,9H2. The molecule has 0 bridgehead atoms. The van der Waals surface area contributed by atoms with Crippen LogP contribution in [-0.2, 0) is 11.3 Å². The molecule has 0 radical (unpaired) electrons. The molecule has 0 amide bonds. The van der Waals surface area contributed by atoms with E-state index in [2.05, 4.69) is 4.90 Å². The van der Waals surface area contributed by atoms with Crippen molar-refractivity contribution >= 4 is 11.6 Å². The Kier molecular flexibility index (Phi) is 4.04. The molecule has 0 unspecified atom stereocenters. The molecule has 1 aromatic rings. The Balaban J connectivity index is 2.04. The topological polar surface area (TPSA) is 32.7 Å². The van der Waals surface area contributed by atoms with Gasteiger partial charge < -0.3 is 9.84 Å². The molecule has 2 rings (SSSR count). The lowest BCUT2D eigenvalue weighted by Gasteiger charge is -2.19. The monoisotopic (exact) mass is 241 g/mol. The predicted octanol–water partition coefficient (Wildman–Crippen LogP) is 2.27. The van der Waals surface area contributed by atoms with Gasteiger partial charge >= 0.3 is 0 Å². The van der Waals surface area contributed by atoms with Gasteiger partial charge in [-0.2, -0.15) is 0 Å². The molecular formula is C12H16ClNO2. The zero-order chi connectivity index (χ0) is 11.4. The summed E-state index contributed by atoms with van der Waals surface area (Å²) in [5, 5.41) is 10.4. The van der Waals surface area contributed by atoms with Crippen LogP contribution in [0.2, 0.25) is 5.02 Å². The van der Waals surface area contributed by atoms with Crippen LogP contribution in [0.5, 0.6) is 5.75 Å². The van der Waals surface area contributed by atoms with Crippen LogP contribution < -0.4 is 0 Å². The van der Waals surface area contributed by atoms with Crippen molar-refractivity contribution in [3.63, 3.8) is 0 Å². The summed E-state index contributed by atoms with van der Waals surface area (Å²) >= 11 is 5.91. The molecule has 1 N–H and O–H groups in total. The highest BCUT2D eigenvalue weighted by Gasteiger charge is 2.11. The maximum absolute atomic E-state index is 9.72. The number of phenolic OH excluding ortho intramolecular Hbond substituents is 1. The van der Waals surface area contributed by atoms with Gasteiger partial charge in [-0.15, -0.1) is 0 Å². The minimum absolute atomic E-state index is 0.314. The minimum Gasteiger partial charge on any atom is -0.508 e. The minimum atomic E-state index is 0.314. The van der Waals surface area contributed by atoms with Gasteiger partial charge in [-0.3, -0.25) is 4.90 Å². The van der Waals surface area contributed by atoms with Gasteiger partial charge in [0.15, 0.2) is 0 Å². The molecule has 1 saturated heterocycles. The molecule has 0 atom stereocenters.